The van der Waals surface area contributed by atoms with E-state index in [-0.39, 0.29) is 11.5 Å². The smallest absolute Gasteiger partial charge is 0.335 e. The summed E-state index contributed by atoms with van der Waals surface area (Å²) in [4.78, 5) is 22.6. The molecular formula is C16H21NO5. The van der Waals surface area contributed by atoms with Crippen molar-refractivity contribution in [3.8, 4) is 5.75 Å². The van der Waals surface area contributed by atoms with Gasteiger partial charge in [-0.15, -0.1) is 0 Å². The lowest BCUT2D eigenvalue weighted by Gasteiger charge is -2.21. The van der Waals surface area contributed by atoms with E-state index in [4.69, 9.17) is 14.6 Å². The van der Waals surface area contributed by atoms with E-state index in [0.717, 1.165) is 19.4 Å². The van der Waals surface area contributed by atoms with E-state index in [0.29, 0.717) is 37.8 Å². The Morgan fingerprint density at radius 2 is 2.27 bits per heavy atom. The first kappa shape index (κ1) is 16.3. The molecule has 1 aromatic carbocycles. The molecule has 1 aliphatic rings. The number of ether oxygens (including phenoxy) is 2. The Kier molecular flexibility index (Phi) is 6.21. The van der Waals surface area contributed by atoms with E-state index in [1.54, 1.807) is 12.1 Å². The van der Waals surface area contributed by atoms with Crippen molar-refractivity contribution in [2.75, 3.05) is 26.4 Å². The van der Waals surface area contributed by atoms with E-state index < -0.39 is 5.97 Å². The van der Waals surface area contributed by atoms with E-state index in [9.17, 15) is 9.59 Å². The van der Waals surface area contributed by atoms with Gasteiger partial charge in [-0.05, 0) is 37.0 Å². The van der Waals surface area contributed by atoms with Gasteiger partial charge in [0.2, 0.25) is 5.91 Å². The molecule has 1 unspecified atom stereocenters. The predicted octanol–water partition coefficient (Wildman–Crippen LogP) is 1.70. The quantitative estimate of drug-likeness (QED) is 0.749. The average molecular weight is 307 g/mol. The molecule has 1 atom stereocenters. The lowest BCUT2D eigenvalue weighted by molar-refractivity contribution is -0.123. The number of carboxylic acids is 1. The molecule has 6 heteroatoms. The second kappa shape index (κ2) is 8.38. The zero-order chi connectivity index (χ0) is 15.8. The largest absolute Gasteiger partial charge is 0.492 e. The standard InChI is InChI=1S/C16H21NO5/c18-15(9-12-3-2-7-21-11-12)17-6-8-22-14-5-1-4-13(10-14)16(19)20/h1,4-5,10,12H,2-3,6-9,11H2,(H,17,18)(H,19,20). The fraction of sp³-hybridized carbons (Fsp3) is 0.500. The van der Waals surface area contributed by atoms with Gasteiger partial charge in [0, 0.05) is 19.6 Å². The minimum absolute atomic E-state index is 0.00149. The molecule has 0 aromatic heterocycles. The highest BCUT2D eigenvalue weighted by molar-refractivity contribution is 5.88. The zero-order valence-electron chi connectivity index (χ0n) is 12.4. The van der Waals surface area contributed by atoms with Crippen LogP contribution in [0.15, 0.2) is 24.3 Å². The molecule has 1 aromatic rings. The first-order valence-electron chi connectivity index (χ1n) is 7.46. The molecule has 0 bridgehead atoms. The van der Waals surface area contributed by atoms with Gasteiger partial charge in [0.25, 0.3) is 0 Å². The summed E-state index contributed by atoms with van der Waals surface area (Å²) in [5.41, 5.74) is 0.179. The van der Waals surface area contributed by atoms with Crippen molar-refractivity contribution in [1.29, 1.82) is 0 Å². The summed E-state index contributed by atoms with van der Waals surface area (Å²) < 4.78 is 10.8. The minimum atomic E-state index is -0.992. The summed E-state index contributed by atoms with van der Waals surface area (Å²) >= 11 is 0. The average Bonchev–Trinajstić information content (AvgIpc) is 2.53. The van der Waals surface area contributed by atoms with Crippen molar-refractivity contribution in [3.05, 3.63) is 29.8 Å². The van der Waals surface area contributed by atoms with Gasteiger partial charge >= 0.3 is 5.97 Å². The van der Waals surface area contributed by atoms with Crippen molar-refractivity contribution < 1.29 is 24.2 Å². The fourth-order valence-electron chi connectivity index (χ4n) is 2.38. The molecule has 0 saturated carbocycles. The molecule has 120 valence electrons. The molecule has 2 N–H and O–H groups in total. The lowest BCUT2D eigenvalue weighted by atomic mass is 9.98. The number of nitrogens with one attached hydrogen (secondary N) is 1. The highest BCUT2D eigenvalue weighted by atomic mass is 16.5. The molecular weight excluding hydrogens is 286 g/mol. The van der Waals surface area contributed by atoms with Crippen LogP contribution in [0.5, 0.6) is 5.75 Å². The Balaban J connectivity index is 1.65. The maximum absolute atomic E-state index is 11.8. The van der Waals surface area contributed by atoms with Crippen LogP contribution in [-0.2, 0) is 9.53 Å². The van der Waals surface area contributed by atoms with Gasteiger partial charge in [-0.3, -0.25) is 4.79 Å². The summed E-state index contributed by atoms with van der Waals surface area (Å²) in [5.74, 6) is -0.205. The van der Waals surface area contributed by atoms with E-state index in [1.165, 1.54) is 12.1 Å². The Bertz CT molecular complexity index is 511. The molecule has 0 radical (unpaired) electrons. The number of hydrogen-bond acceptors (Lipinski definition) is 4. The number of rotatable bonds is 7. The van der Waals surface area contributed by atoms with Crippen LogP contribution in [-0.4, -0.2) is 43.3 Å². The monoisotopic (exact) mass is 307 g/mol. The summed E-state index contributed by atoms with van der Waals surface area (Å²) in [7, 11) is 0. The number of carboxylic acid groups (broad SMARTS) is 1. The number of hydrogen-bond donors (Lipinski definition) is 2. The van der Waals surface area contributed by atoms with Crippen LogP contribution in [0.25, 0.3) is 0 Å². The van der Waals surface area contributed by atoms with Crippen molar-refractivity contribution in [3.63, 3.8) is 0 Å². The van der Waals surface area contributed by atoms with Crippen LogP contribution in [0, 0.1) is 5.92 Å². The van der Waals surface area contributed by atoms with E-state index in [1.807, 2.05) is 0 Å². The highest BCUT2D eigenvalue weighted by Gasteiger charge is 2.17. The Morgan fingerprint density at radius 1 is 1.41 bits per heavy atom. The maximum atomic E-state index is 11.8. The Labute approximate surface area is 129 Å². The van der Waals surface area contributed by atoms with Gasteiger partial charge in [0.15, 0.2) is 0 Å². The van der Waals surface area contributed by atoms with E-state index in [2.05, 4.69) is 5.32 Å². The van der Waals surface area contributed by atoms with Crippen LogP contribution in [0.3, 0.4) is 0 Å². The maximum Gasteiger partial charge on any atom is 0.335 e. The van der Waals surface area contributed by atoms with Crippen LogP contribution < -0.4 is 10.1 Å². The van der Waals surface area contributed by atoms with Gasteiger partial charge < -0.3 is 19.9 Å². The third kappa shape index (κ3) is 5.37. The summed E-state index contributed by atoms with van der Waals surface area (Å²) in [6, 6.07) is 6.28. The number of carbonyl (C=O) groups is 2. The van der Waals surface area contributed by atoms with Gasteiger partial charge in [0.05, 0.1) is 12.1 Å². The molecule has 1 amide bonds. The van der Waals surface area contributed by atoms with Crippen molar-refractivity contribution in [1.82, 2.24) is 5.32 Å². The first-order valence-corrected chi connectivity index (χ1v) is 7.46. The molecule has 1 aliphatic heterocycles. The van der Waals surface area contributed by atoms with Crippen molar-refractivity contribution in [2.45, 2.75) is 19.3 Å². The third-order valence-electron chi connectivity index (χ3n) is 3.50. The molecule has 1 heterocycles. The second-order valence-electron chi connectivity index (χ2n) is 5.32. The Morgan fingerprint density at radius 3 is 3.00 bits per heavy atom. The lowest BCUT2D eigenvalue weighted by Crippen LogP contribution is -2.31. The van der Waals surface area contributed by atoms with Crippen molar-refractivity contribution in [2.24, 2.45) is 5.92 Å². The predicted molar refractivity (Wildman–Crippen MR) is 80.1 cm³/mol. The normalized spacial score (nSPS) is 17.7. The molecule has 22 heavy (non-hydrogen) atoms. The van der Waals surface area contributed by atoms with Gasteiger partial charge in [0.1, 0.15) is 12.4 Å². The van der Waals surface area contributed by atoms with Crippen molar-refractivity contribution >= 4 is 11.9 Å². The SMILES string of the molecule is O=C(CC1CCCOC1)NCCOc1cccc(C(=O)O)c1. The third-order valence-corrected chi connectivity index (χ3v) is 3.50. The molecule has 0 spiro atoms. The molecule has 0 aliphatic carbocycles. The minimum Gasteiger partial charge on any atom is -0.492 e. The Hall–Kier alpha value is -2.08. The van der Waals surface area contributed by atoms with Crippen LogP contribution in [0.4, 0.5) is 0 Å². The van der Waals surface area contributed by atoms with Gasteiger partial charge in [-0.2, -0.15) is 0 Å². The topological polar surface area (TPSA) is 84.9 Å². The first-order chi connectivity index (χ1) is 10.6. The van der Waals surface area contributed by atoms with Crippen LogP contribution in [0.2, 0.25) is 0 Å². The molecule has 2 rings (SSSR count). The fourth-order valence-corrected chi connectivity index (χ4v) is 2.38. The summed E-state index contributed by atoms with van der Waals surface area (Å²) in [6.07, 6.45) is 2.53. The van der Waals surface area contributed by atoms with Gasteiger partial charge in [-0.25, -0.2) is 4.79 Å². The molecule has 1 fully saturated rings. The zero-order valence-corrected chi connectivity index (χ0v) is 12.4. The molecule has 6 nitrogen and oxygen atoms in total. The van der Waals surface area contributed by atoms with Crippen LogP contribution in [0.1, 0.15) is 29.6 Å². The second-order valence-corrected chi connectivity index (χ2v) is 5.32. The number of aromatic carboxylic acids is 1. The number of carbonyl (C=O) groups excluding carboxylic acids is 1. The number of benzene rings is 1. The number of amides is 1. The van der Waals surface area contributed by atoms with E-state index >= 15 is 0 Å². The summed E-state index contributed by atoms with van der Waals surface area (Å²) in [6.45, 7) is 2.15. The molecule has 1 saturated heterocycles. The van der Waals surface area contributed by atoms with Gasteiger partial charge in [-0.1, -0.05) is 6.07 Å². The summed E-state index contributed by atoms with van der Waals surface area (Å²) in [5, 5.41) is 11.7. The highest BCUT2D eigenvalue weighted by Crippen LogP contribution is 2.16. The van der Waals surface area contributed by atoms with Crippen LogP contribution >= 0.6 is 0 Å².